The smallest absolute Gasteiger partial charge is 0.131 e. The second-order valence-electron chi connectivity index (χ2n) is 5.58. The number of hydrogen-bond acceptors (Lipinski definition) is 2. The van der Waals surface area contributed by atoms with Crippen LogP contribution in [0.25, 0.3) is 0 Å². The molecule has 1 aliphatic rings. The Morgan fingerprint density at radius 1 is 1.39 bits per heavy atom. The number of aldehydes is 1. The van der Waals surface area contributed by atoms with Crippen LogP contribution in [0.4, 0.5) is 0 Å². The molecule has 0 spiro atoms. The van der Waals surface area contributed by atoms with Crippen LogP contribution < -0.4 is 0 Å². The van der Waals surface area contributed by atoms with Crippen molar-refractivity contribution < 1.29 is 4.79 Å². The van der Waals surface area contributed by atoms with E-state index < -0.39 is 0 Å². The third-order valence-corrected chi connectivity index (χ3v) is 4.20. The third-order valence-electron chi connectivity index (χ3n) is 4.20. The Labute approximate surface area is 110 Å². The van der Waals surface area contributed by atoms with Gasteiger partial charge in [-0.05, 0) is 38.3 Å². The first kappa shape index (κ1) is 13.3. The molecular weight excluding hydrogens is 222 g/mol. The zero-order valence-electron chi connectivity index (χ0n) is 11.4. The molecule has 2 atom stereocenters. The fourth-order valence-corrected chi connectivity index (χ4v) is 3.00. The van der Waals surface area contributed by atoms with E-state index in [0.29, 0.717) is 6.04 Å². The van der Waals surface area contributed by atoms with Gasteiger partial charge in [0.05, 0.1) is 5.41 Å². The number of rotatable bonds is 5. The number of carbonyl (C=O) groups excluding carboxylic acids is 1. The molecular formula is C16H23NO. The highest BCUT2D eigenvalue weighted by molar-refractivity contribution is 5.68. The molecule has 2 rings (SSSR count). The first-order valence-corrected chi connectivity index (χ1v) is 6.95. The van der Waals surface area contributed by atoms with Crippen molar-refractivity contribution in [2.75, 3.05) is 13.1 Å². The minimum Gasteiger partial charge on any atom is -0.302 e. The summed E-state index contributed by atoms with van der Waals surface area (Å²) in [5.41, 5.74) is 0.751. The molecule has 0 N–H and O–H groups in total. The van der Waals surface area contributed by atoms with Crippen molar-refractivity contribution in [3.8, 4) is 0 Å². The van der Waals surface area contributed by atoms with Gasteiger partial charge in [-0.2, -0.15) is 0 Å². The van der Waals surface area contributed by atoms with E-state index in [1.54, 1.807) is 0 Å². The zero-order chi connectivity index (χ0) is 13.0. The molecule has 1 aromatic carbocycles. The lowest BCUT2D eigenvalue weighted by atomic mass is 9.83. The monoisotopic (exact) mass is 245 g/mol. The van der Waals surface area contributed by atoms with E-state index in [-0.39, 0.29) is 5.41 Å². The number of benzene rings is 1. The molecule has 2 nitrogen and oxygen atoms in total. The van der Waals surface area contributed by atoms with Crippen molar-refractivity contribution in [3.05, 3.63) is 35.9 Å². The fourth-order valence-electron chi connectivity index (χ4n) is 3.00. The van der Waals surface area contributed by atoms with Gasteiger partial charge in [-0.1, -0.05) is 37.3 Å². The fraction of sp³-hybridized carbons (Fsp3) is 0.562. The van der Waals surface area contributed by atoms with E-state index >= 15 is 0 Å². The number of hydrogen-bond donors (Lipinski definition) is 0. The summed E-state index contributed by atoms with van der Waals surface area (Å²) >= 11 is 0. The van der Waals surface area contributed by atoms with Crippen LogP contribution in [-0.2, 0) is 10.2 Å². The predicted octanol–water partition coefficient (Wildman–Crippen LogP) is 3.02. The average Bonchev–Trinajstić information content (AvgIpc) is 2.86. The second-order valence-corrected chi connectivity index (χ2v) is 5.58. The Bertz CT molecular complexity index is 389. The molecule has 2 unspecified atom stereocenters. The van der Waals surface area contributed by atoms with Crippen LogP contribution in [0.5, 0.6) is 0 Å². The van der Waals surface area contributed by atoms with E-state index in [9.17, 15) is 4.79 Å². The van der Waals surface area contributed by atoms with Crippen LogP contribution in [0.1, 0.15) is 38.7 Å². The van der Waals surface area contributed by atoms with Crippen LogP contribution in [0.15, 0.2) is 30.3 Å². The Balaban J connectivity index is 2.16. The molecule has 1 aliphatic heterocycles. The molecule has 0 aromatic heterocycles. The largest absolute Gasteiger partial charge is 0.302 e. The number of carbonyl (C=O) groups is 1. The maximum Gasteiger partial charge on any atom is 0.131 e. The van der Waals surface area contributed by atoms with Crippen molar-refractivity contribution >= 4 is 6.29 Å². The summed E-state index contributed by atoms with van der Waals surface area (Å²) in [5, 5.41) is 0. The van der Waals surface area contributed by atoms with Crippen LogP contribution in [0, 0.1) is 0 Å². The highest BCUT2D eigenvalue weighted by atomic mass is 16.1. The lowest BCUT2D eigenvalue weighted by Gasteiger charge is -2.32. The summed E-state index contributed by atoms with van der Waals surface area (Å²) in [6.07, 6.45) is 4.85. The lowest BCUT2D eigenvalue weighted by molar-refractivity contribution is -0.112. The molecule has 1 aromatic rings. The summed E-state index contributed by atoms with van der Waals surface area (Å²) in [6.45, 7) is 6.28. The van der Waals surface area contributed by atoms with Crippen molar-refractivity contribution in [1.82, 2.24) is 4.90 Å². The van der Waals surface area contributed by atoms with Crippen molar-refractivity contribution in [2.24, 2.45) is 0 Å². The molecule has 2 heteroatoms. The quantitative estimate of drug-likeness (QED) is 0.743. The van der Waals surface area contributed by atoms with E-state index in [1.807, 2.05) is 18.2 Å². The van der Waals surface area contributed by atoms with Gasteiger partial charge in [0.15, 0.2) is 0 Å². The molecule has 98 valence electrons. The number of nitrogens with zero attached hydrogens (tertiary/aromatic N) is 1. The molecule has 0 aliphatic carbocycles. The van der Waals surface area contributed by atoms with E-state index in [2.05, 4.69) is 30.9 Å². The summed E-state index contributed by atoms with van der Waals surface area (Å²) in [4.78, 5) is 14.1. The van der Waals surface area contributed by atoms with Gasteiger partial charge in [-0.25, -0.2) is 0 Å². The van der Waals surface area contributed by atoms with Gasteiger partial charge in [0.25, 0.3) is 0 Å². The van der Waals surface area contributed by atoms with Crippen molar-refractivity contribution in [3.63, 3.8) is 0 Å². The van der Waals surface area contributed by atoms with Crippen molar-refractivity contribution in [2.45, 2.75) is 44.6 Å². The minimum absolute atomic E-state index is 0.376. The summed E-state index contributed by atoms with van der Waals surface area (Å²) in [7, 11) is 0. The standard InChI is InChI=1S/C16H23NO/c1-3-15-10-7-11-17(15)12-16(2,13-18)14-8-5-4-6-9-14/h4-6,8-9,13,15H,3,7,10-12H2,1-2H3. The summed E-state index contributed by atoms with van der Waals surface area (Å²) < 4.78 is 0. The Kier molecular flexibility index (Phi) is 4.18. The van der Waals surface area contributed by atoms with E-state index in [0.717, 1.165) is 24.9 Å². The Morgan fingerprint density at radius 2 is 2.11 bits per heavy atom. The third kappa shape index (κ3) is 2.64. The van der Waals surface area contributed by atoms with Crippen LogP contribution >= 0.6 is 0 Å². The van der Waals surface area contributed by atoms with Crippen LogP contribution in [0.2, 0.25) is 0 Å². The zero-order valence-corrected chi connectivity index (χ0v) is 11.4. The molecule has 0 amide bonds. The first-order chi connectivity index (χ1) is 8.69. The van der Waals surface area contributed by atoms with Gasteiger partial charge < -0.3 is 4.79 Å². The normalized spacial score (nSPS) is 23.8. The molecule has 0 saturated carbocycles. The first-order valence-electron chi connectivity index (χ1n) is 6.95. The average molecular weight is 245 g/mol. The minimum atomic E-state index is -0.376. The molecule has 0 bridgehead atoms. The topological polar surface area (TPSA) is 20.3 Å². The summed E-state index contributed by atoms with van der Waals surface area (Å²) in [6, 6.07) is 10.8. The molecule has 18 heavy (non-hydrogen) atoms. The van der Waals surface area contributed by atoms with Crippen LogP contribution in [-0.4, -0.2) is 30.3 Å². The predicted molar refractivity (Wildman–Crippen MR) is 74.7 cm³/mol. The van der Waals surface area contributed by atoms with E-state index in [4.69, 9.17) is 0 Å². The maximum atomic E-state index is 11.6. The molecule has 1 fully saturated rings. The van der Waals surface area contributed by atoms with Gasteiger partial charge in [-0.3, -0.25) is 4.90 Å². The van der Waals surface area contributed by atoms with Gasteiger partial charge in [0.2, 0.25) is 0 Å². The Hall–Kier alpha value is -1.15. The number of likely N-dealkylation sites (tertiary alicyclic amines) is 1. The van der Waals surface area contributed by atoms with Gasteiger partial charge in [0.1, 0.15) is 6.29 Å². The molecule has 0 radical (unpaired) electrons. The molecule has 1 heterocycles. The van der Waals surface area contributed by atoms with Gasteiger partial charge in [-0.15, -0.1) is 0 Å². The van der Waals surface area contributed by atoms with Gasteiger partial charge >= 0.3 is 0 Å². The van der Waals surface area contributed by atoms with Crippen molar-refractivity contribution in [1.29, 1.82) is 0 Å². The second kappa shape index (κ2) is 5.66. The lowest BCUT2D eigenvalue weighted by Crippen LogP contribution is -2.42. The van der Waals surface area contributed by atoms with Gasteiger partial charge in [0, 0.05) is 12.6 Å². The molecule has 1 saturated heterocycles. The SMILES string of the molecule is CCC1CCCN1CC(C)(C=O)c1ccccc1. The summed E-state index contributed by atoms with van der Waals surface area (Å²) in [5.74, 6) is 0. The highest BCUT2D eigenvalue weighted by Crippen LogP contribution is 2.28. The maximum absolute atomic E-state index is 11.6. The Morgan fingerprint density at radius 3 is 2.72 bits per heavy atom. The highest BCUT2D eigenvalue weighted by Gasteiger charge is 2.33. The van der Waals surface area contributed by atoms with E-state index in [1.165, 1.54) is 19.3 Å². The van der Waals surface area contributed by atoms with Crippen LogP contribution in [0.3, 0.4) is 0 Å².